The summed E-state index contributed by atoms with van der Waals surface area (Å²) in [5, 5.41) is 0. The van der Waals surface area contributed by atoms with Crippen LogP contribution in [0.4, 0.5) is 15.8 Å². The van der Waals surface area contributed by atoms with Crippen LogP contribution in [0.25, 0.3) is 0 Å². The fraction of sp³-hybridized carbons (Fsp3) is 0.333. The molecule has 0 saturated carbocycles. The van der Waals surface area contributed by atoms with Crippen molar-refractivity contribution < 1.29 is 4.39 Å². The number of aromatic nitrogens is 2. The Labute approximate surface area is 118 Å². The second-order valence-electron chi connectivity index (χ2n) is 4.93. The van der Waals surface area contributed by atoms with E-state index in [1.807, 2.05) is 13.8 Å². The van der Waals surface area contributed by atoms with E-state index in [4.69, 9.17) is 5.73 Å². The highest BCUT2D eigenvalue weighted by Gasteiger charge is 2.15. The summed E-state index contributed by atoms with van der Waals surface area (Å²) in [6.07, 6.45) is 1.71. The first-order valence-corrected chi connectivity index (χ1v) is 6.58. The number of anilines is 2. The topological polar surface area (TPSA) is 55.0 Å². The van der Waals surface area contributed by atoms with Crippen LogP contribution in [-0.2, 0) is 6.54 Å². The first-order valence-electron chi connectivity index (χ1n) is 6.58. The van der Waals surface area contributed by atoms with Crippen molar-refractivity contribution in [1.29, 1.82) is 0 Å². The minimum Gasteiger partial charge on any atom is -0.339 e. The van der Waals surface area contributed by atoms with E-state index >= 15 is 0 Å². The summed E-state index contributed by atoms with van der Waals surface area (Å²) in [4.78, 5) is 10.5. The molecule has 106 valence electrons. The highest BCUT2D eigenvalue weighted by atomic mass is 19.1. The third-order valence-corrected chi connectivity index (χ3v) is 3.15. The molecule has 0 aliphatic heterocycles. The van der Waals surface area contributed by atoms with E-state index in [2.05, 4.69) is 9.97 Å². The normalized spacial score (nSPS) is 10.9. The fourth-order valence-electron chi connectivity index (χ4n) is 1.99. The van der Waals surface area contributed by atoms with Crippen molar-refractivity contribution in [2.45, 2.75) is 26.3 Å². The molecule has 1 aromatic carbocycles. The summed E-state index contributed by atoms with van der Waals surface area (Å²) in [7, 11) is 1.78. The number of rotatable bonds is 4. The molecular formula is C15H19FN4. The van der Waals surface area contributed by atoms with E-state index in [0.717, 1.165) is 17.2 Å². The number of hydrogen-bond acceptors (Lipinski definition) is 4. The Bertz CT molecular complexity index is 598. The van der Waals surface area contributed by atoms with Crippen LogP contribution in [0.2, 0.25) is 0 Å². The van der Waals surface area contributed by atoms with Crippen LogP contribution in [0.1, 0.15) is 31.3 Å². The van der Waals surface area contributed by atoms with Gasteiger partial charge < -0.3 is 10.6 Å². The van der Waals surface area contributed by atoms with Gasteiger partial charge in [0.2, 0.25) is 0 Å². The minimum atomic E-state index is -0.286. The maximum Gasteiger partial charge on any atom is 0.146 e. The molecule has 5 heteroatoms. The van der Waals surface area contributed by atoms with E-state index in [9.17, 15) is 4.39 Å². The SMILES string of the molecule is CC(C)c1ncc(N(C)c2ccccc2F)c(CN)n1. The first-order chi connectivity index (χ1) is 9.54. The number of hydrogen-bond donors (Lipinski definition) is 1. The number of nitrogens with zero attached hydrogens (tertiary/aromatic N) is 3. The molecule has 0 unspecified atom stereocenters. The first kappa shape index (κ1) is 14.4. The molecule has 0 fully saturated rings. The largest absolute Gasteiger partial charge is 0.339 e. The van der Waals surface area contributed by atoms with Crippen LogP contribution < -0.4 is 10.6 Å². The average Bonchev–Trinajstić information content (AvgIpc) is 2.46. The van der Waals surface area contributed by atoms with Crippen molar-refractivity contribution in [2.24, 2.45) is 5.73 Å². The molecule has 0 aliphatic rings. The lowest BCUT2D eigenvalue weighted by Gasteiger charge is -2.22. The molecule has 2 N–H and O–H groups in total. The van der Waals surface area contributed by atoms with Crippen LogP contribution in [0.5, 0.6) is 0 Å². The van der Waals surface area contributed by atoms with E-state index in [1.165, 1.54) is 6.07 Å². The molecule has 0 amide bonds. The van der Waals surface area contributed by atoms with Crippen molar-refractivity contribution >= 4 is 11.4 Å². The van der Waals surface area contributed by atoms with Gasteiger partial charge >= 0.3 is 0 Å². The summed E-state index contributed by atoms with van der Waals surface area (Å²) in [5.41, 5.74) is 7.68. The van der Waals surface area contributed by atoms with Gasteiger partial charge in [0.05, 0.1) is 23.3 Å². The Balaban J connectivity index is 2.44. The zero-order chi connectivity index (χ0) is 14.7. The van der Waals surface area contributed by atoms with Crippen molar-refractivity contribution in [3.8, 4) is 0 Å². The van der Waals surface area contributed by atoms with Gasteiger partial charge in [0.15, 0.2) is 0 Å². The zero-order valence-corrected chi connectivity index (χ0v) is 12.0. The summed E-state index contributed by atoms with van der Waals surface area (Å²) >= 11 is 0. The maximum atomic E-state index is 13.9. The molecule has 0 bridgehead atoms. The molecule has 0 spiro atoms. The predicted molar refractivity (Wildman–Crippen MR) is 78.5 cm³/mol. The van der Waals surface area contributed by atoms with E-state index in [0.29, 0.717) is 5.69 Å². The number of nitrogens with two attached hydrogens (primary N) is 1. The third-order valence-electron chi connectivity index (χ3n) is 3.15. The van der Waals surface area contributed by atoms with Gasteiger partial charge in [-0.15, -0.1) is 0 Å². The summed E-state index contributed by atoms with van der Waals surface area (Å²) in [6.45, 7) is 4.34. The maximum absolute atomic E-state index is 13.9. The highest BCUT2D eigenvalue weighted by Crippen LogP contribution is 2.28. The van der Waals surface area contributed by atoms with Crippen LogP contribution in [0, 0.1) is 5.82 Å². The lowest BCUT2D eigenvalue weighted by Crippen LogP contribution is -2.17. The third kappa shape index (κ3) is 2.77. The predicted octanol–water partition coefficient (Wildman–Crippen LogP) is 2.97. The van der Waals surface area contributed by atoms with Crippen LogP contribution in [0.3, 0.4) is 0 Å². The number of para-hydroxylation sites is 1. The van der Waals surface area contributed by atoms with Gasteiger partial charge in [-0.05, 0) is 12.1 Å². The summed E-state index contributed by atoms with van der Waals surface area (Å²) in [5.74, 6) is 0.690. The van der Waals surface area contributed by atoms with Gasteiger partial charge in [0.25, 0.3) is 0 Å². The molecule has 2 aromatic rings. The quantitative estimate of drug-likeness (QED) is 0.931. The van der Waals surface area contributed by atoms with Crippen LogP contribution >= 0.6 is 0 Å². The molecule has 0 atom stereocenters. The molecule has 4 nitrogen and oxygen atoms in total. The minimum absolute atomic E-state index is 0.230. The molecule has 0 radical (unpaired) electrons. The van der Waals surface area contributed by atoms with Crippen LogP contribution in [-0.4, -0.2) is 17.0 Å². The standard InChI is InChI=1S/C15H19FN4/c1-10(2)15-18-9-14(12(8-17)19-15)20(3)13-7-5-4-6-11(13)16/h4-7,9-10H,8,17H2,1-3H3. The van der Waals surface area contributed by atoms with E-state index in [-0.39, 0.29) is 18.3 Å². The highest BCUT2D eigenvalue weighted by molar-refractivity contribution is 5.64. The van der Waals surface area contributed by atoms with Gasteiger partial charge in [-0.25, -0.2) is 14.4 Å². The Morgan fingerprint density at radius 3 is 2.55 bits per heavy atom. The van der Waals surface area contributed by atoms with Crippen molar-refractivity contribution in [2.75, 3.05) is 11.9 Å². The van der Waals surface area contributed by atoms with E-state index < -0.39 is 0 Å². The molecule has 0 aliphatic carbocycles. The lowest BCUT2D eigenvalue weighted by molar-refractivity contribution is 0.627. The molecule has 0 saturated heterocycles. The average molecular weight is 274 g/mol. The molecule has 1 heterocycles. The van der Waals surface area contributed by atoms with Crippen molar-refractivity contribution in [3.63, 3.8) is 0 Å². The monoisotopic (exact) mass is 274 g/mol. The molecular weight excluding hydrogens is 255 g/mol. The Morgan fingerprint density at radius 2 is 1.95 bits per heavy atom. The summed E-state index contributed by atoms with van der Waals surface area (Å²) in [6, 6.07) is 6.60. The Hall–Kier alpha value is -2.01. The summed E-state index contributed by atoms with van der Waals surface area (Å²) < 4.78 is 13.9. The van der Waals surface area contributed by atoms with Gasteiger partial charge in [-0.2, -0.15) is 0 Å². The van der Waals surface area contributed by atoms with Gasteiger partial charge in [0, 0.05) is 19.5 Å². The Kier molecular flexibility index (Phi) is 4.29. The van der Waals surface area contributed by atoms with Gasteiger partial charge in [0.1, 0.15) is 11.6 Å². The van der Waals surface area contributed by atoms with Crippen LogP contribution in [0.15, 0.2) is 30.5 Å². The second-order valence-corrected chi connectivity index (χ2v) is 4.93. The van der Waals surface area contributed by atoms with Crippen molar-refractivity contribution in [3.05, 3.63) is 47.8 Å². The van der Waals surface area contributed by atoms with Gasteiger partial charge in [-0.3, -0.25) is 0 Å². The zero-order valence-electron chi connectivity index (χ0n) is 12.0. The molecule has 2 rings (SSSR count). The smallest absolute Gasteiger partial charge is 0.146 e. The second kappa shape index (κ2) is 5.96. The van der Waals surface area contributed by atoms with E-state index in [1.54, 1.807) is 36.3 Å². The van der Waals surface area contributed by atoms with Crippen molar-refractivity contribution in [1.82, 2.24) is 9.97 Å². The lowest BCUT2D eigenvalue weighted by atomic mass is 10.2. The van der Waals surface area contributed by atoms with Gasteiger partial charge in [-0.1, -0.05) is 26.0 Å². The molecule has 1 aromatic heterocycles. The number of benzene rings is 1. The Morgan fingerprint density at radius 1 is 1.25 bits per heavy atom. The molecule has 20 heavy (non-hydrogen) atoms. The fourth-order valence-corrected chi connectivity index (χ4v) is 1.99. The number of halogens is 1.